The van der Waals surface area contributed by atoms with E-state index in [4.69, 9.17) is 11.6 Å². The maximum atomic E-state index is 13.0. The fourth-order valence-corrected chi connectivity index (χ4v) is 3.19. The van der Waals surface area contributed by atoms with E-state index < -0.39 is 5.92 Å². The maximum Gasteiger partial charge on any atom is 0.248 e. The lowest BCUT2D eigenvalue weighted by molar-refractivity contribution is 0.00334. The minimum atomic E-state index is -2.40. The zero-order valence-electron chi connectivity index (χ0n) is 8.89. The van der Waals surface area contributed by atoms with Gasteiger partial charge in [0.25, 0.3) is 0 Å². The Morgan fingerprint density at radius 2 is 2.13 bits per heavy atom. The van der Waals surface area contributed by atoms with Crippen molar-refractivity contribution in [2.24, 2.45) is 5.92 Å². The van der Waals surface area contributed by atoms with Crippen LogP contribution in [0, 0.1) is 5.92 Å². The summed E-state index contributed by atoms with van der Waals surface area (Å²) in [6.45, 7) is 1.87. The number of nitrogens with zero attached hydrogens (tertiary/aromatic N) is 1. The zero-order chi connectivity index (χ0) is 10.9. The van der Waals surface area contributed by atoms with Crippen molar-refractivity contribution in [3.05, 3.63) is 0 Å². The van der Waals surface area contributed by atoms with Gasteiger partial charge >= 0.3 is 0 Å². The van der Waals surface area contributed by atoms with Gasteiger partial charge in [-0.05, 0) is 31.7 Å². The molecule has 4 heteroatoms. The van der Waals surface area contributed by atoms with E-state index in [9.17, 15) is 8.78 Å². The summed E-state index contributed by atoms with van der Waals surface area (Å²) in [6, 6.07) is 0.431. The Morgan fingerprint density at radius 1 is 1.33 bits per heavy atom. The number of hydrogen-bond acceptors (Lipinski definition) is 1. The van der Waals surface area contributed by atoms with E-state index >= 15 is 0 Å². The van der Waals surface area contributed by atoms with Gasteiger partial charge in [0.2, 0.25) is 5.92 Å². The van der Waals surface area contributed by atoms with Gasteiger partial charge in [-0.3, -0.25) is 4.90 Å². The van der Waals surface area contributed by atoms with Crippen LogP contribution in [0.25, 0.3) is 0 Å². The predicted molar refractivity (Wildman–Crippen MR) is 57.6 cm³/mol. The van der Waals surface area contributed by atoms with Crippen LogP contribution in [-0.2, 0) is 0 Å². The van der Waals surface area contributed by atoms with E-state index in [2.05, 4.69) is 4.90 Å². The van der Waals surface area contributed by atoms with Gasteiger partial charge in [-0.15, -0.1) is 11.6 Å². The Morgan fingerprint density at radius 3 is 2.73 bits per heavy atom. The van der Waals surface area contributed by atoms with Crippen molar-refractivity contribution in [1.29, 1.82) is 0 Å². The summed E-state index contributed by atoms with van der Waals surface area (Å²) in [4.78, 5) is 2.30. The van der Waals surface area contributed by atoms with Crippen LogP contribution in [0.15, 0.2) is 0 Å². The molecular formula is C11H18ClF2N. The Kier molecular flexibility index (Phi) is 3.51. The molecule has 1 aliphatic heterocycles. The van der Waals surface area contributed by atoms with E-state index in [0.717, 1.165) is 19.5 Å². The molecule has 1 nitrogen and oxygen atoms in total. The highest BCUT2D eigenvalue weighted by Crippen LogP contribution is 2.39. The molecule has 15 heavy (non-hydrogen) atoms. The molecule has 0 aromatic rings. The molecule has 2 aliphatic rings. The molecule has 88 valence electrons. The second-order valence-electron chi connectivity index (χ2n) is 4.91. The van der Waals surface area contributed by atoms with Crippen molar-refractivity contribution in [2.75, 3.05) is 19.0 Å². The third-order valence-corrected chi connectivity index (χ3v) is 4.03. The molecule has 2 unspecified atom stereocenters. The predicted octanol–water partition coefficient (Wildman–Crippen LogP) is 3.13. The van der Waals surface area contributed by atoms with Gasteiger partial charge in [-0.25, -0.2) is 8.78 Å². The van der Waals surface area contributed by atoms with Crippen molar-refractivity contribution < 1.29 is 8.78 Å². The lowest BCUT2D eigenvalue weighted by Gasteiger charge is -2.25. The first-order valence-corrected chi connectivity index (χ1v) is 6.32. The van der Waals surface area contributed by atoms with E-state index in [1.807, 2.05) is 0 Å². The number of halogens is 3. The molecular weight excluding hydrogens is 220 g/mol. The van der Waals surface area contributed by atoms with Crippen LogP contribution < -0.4 is 0 Å². The zero-order valence-corrected chi connectivity index (χ0v) is 9.65. The van der Waals surface area contributed by atoms with Crippen molar-refractivity contribution >= 4 is 11.6 Å². The summed E-state index contributed by atoms with van der Waals surface area (Å²) in [7, 11) is 0. The van der Waals surface area contributed by atoms with Crippen LogP contribution in [0.5, 0.6) is 0 Å². The van der Waals surface area contributed by atoms with E-state index in [1.54, 1.807) is 0 Å². The molecule has 0 aromatic carbocycles. The summed E-state index contributed by atoms with van der Waals surface area (Å²) >= 11 is 5.85. The highest BCUT2D eigenvalue weighted by molar-refractivity contribution is 6.18. The third-order valence-electron chi connectivity index (χ3n) is 3.68. The molecule has 1 saturated heterocycles. The molecule has 0 spiro atoms. The number of alkyl halides is 3. The number of hydrogen-bond donors (Lipinski definition) is 0. The van der Waals surface area contributed by atoms with E-state index in [0.29, 0.717) is 18.3 Å². The first kappa shape index (κ1) is 11.6. The second-order valence-corrected chi connectivity index (χ2v) is 5.22. The van der Waals surface area contributed by atoms with Gasteiger partial charge in [-0.1, -0.05) is 0 Å². The van der Waals surface area contributed by atoms with Crippen molar-refractivity contribution in [3.63, 3.8) is 0 Å². The first-order chi connectivity index (χ1) is 7.11. The van der Waals surface area contributed by atoms with Gasteiger partial charge in [-0.2, -0.15) is 0 Å². The van der Waals surface area contributed by atoms with Crippen LogP contribution in [-0.4, -0.2) is 35.8 Å². The van der Waals surface area contributed by atoms with Crippen LogP contribution >= 0.6 is 11.6 Å². The molecule has 1 heterocycles. The van der Waals surface area contributed by atoms with Crippen LogP contribution in [0.1, 0.15) is 32.1 Å². The molecule has 0 radical (unpaired) electrons. The standard InChI is InChI=1S/C11H18ClF2N/c12-7-10-2-1-5-15(10)8-9-3-4-11(13,14)6-9/h9-10H,1-8H2. The van der Waals surface area contributed by atoms with Crippen molar-refractivity contribution in [2.45, 2.75) is 44.1 Å². The molecule has 1 aliphatic carbocycles. The lowest BCUT2D eigenvalue weighted by Crippen LogP contribution is -2.34. The first-order valence-electron chi connectivity index (χ1n) is 5.78. The normalized spacial score (nSPS) is 36.2. The monoisotopic (exact) mass is 237 g/mol. The molecule has 0 aromatic heterocycles. The average Bonchev–Trinajstić information content (AvgIpc) is 2.73. The highest BCUT2D eigenvalue weighted by Gasteiger charge is 2.40. The summed E-state index contributed by atoms with van der Waals surface area (Å²) in [6.07, 6.45) is 3.14. The fraction of sp³-hybridized carbons (Fsp3) is 1.00. The SMILES string of the molecule is FC1(F)CCC(CN2CCCC2CCl)C1. The van der Waals surface area contributed by atoms with Gasteiger partial charge in [0.05, 0.1) is 0 Å². The summed E-state index contributed by atoms with van der Waals surface area (Å²) in [5.41, 5.74) is 0. The highest BCUT2D eigenvalue weighted by atomic mass is 35.5. The molecule has 2 fully saturated rings. The largest absolute Gasteiger partial charge is 0.299 e. The molecule has 2 atom stereocenters. The van der Waals surface area contributed by atoms with Gasteiger partial charge in [0, 0.05) is 31.3 Å². The Bertz CT molecular complexity index is 223. The van der Waals surface area contributed by atoms with Crippen LogP contribution in [0.4, 0.5) is 8.78 Å². The molecule has 0 bridgehead atoms. The van der Waals surface area contributed by atoms with Crippen molar-refractivity contribution in [1.82, 2.24) is 4.90 Å². The quantitative estimate of drug-likeness (QED) is 0.682. The van der Waals surface area contributed by atoms with E-state index in [1.165, 1.54) is 6.42 Å². The number of likely N-dealkylation sites (tertiary alicyclic amines) is 1. The Balaban J connectivity index is 1.82. The Hall–Kier alpha value is 0.110. The van der Waals surface area contributed by atoms with Crippen LogP contribution in [0.3, 0.4) is 0 Å². The summed E-state index contributed by atoms with van der Waals surface area (Å²) < 4.78 is 26.0. The fourth-order valence-electron chi connectivity index (χ4n) is 2.84. The second kappa shape index (κ2) is 4.54. The van der Waals surface area contributed by atoms with Gasteiger partial charge in [0.15, 0.2) is 0 Å². The molecule has 2 rings (SSSR count). The molecule has 0 amide bonds. The summed E-state index contributed by atoms with van der Waals surface area (Å²) in [5.74, 6) is -1.58. The third kappa shape index (κ3) is 2.82. The average molecular weight is 238 g/mol. The molecule has 0 N–H and O–H groups in total. The number of rotatable bonds is 3. The van der Waals surface area contributed by atoms with Crippen LogP contribution in [0.2, 0.25) is 0 Å². The van der Waals surface area contributed by atoms with Gasteiger partial charge < -0.3 is 0 Å². The summed E-state index contributed by atoms with van der Waals surface area (Å²) in [5, 5.41) is 0. The smallest absolute Gasteiger partial charge is 0.248 e. The van der Waals surface area contributed by atoms with E-state index in [-0.39, 0.29) is 18.8 Å². The minimum absolute atomic E-state index is 0.0804. The Labute approximate surface area is 94.8 Å². The topological polar surface area (TPSA) is 3.24 Å². The van der Waals surface area contributed by atoms with Gasteiger partial charge in [0.1, 0.15) is 0 Å². The lowest BCUT2D eigenvalue weighted by atomic mass is 10.1. The van der Waals surface area contributed by atoms with Crippen molar-refractivity contribution in [3.8, 4) is 0 Å². The minimum Gasteiger partial charge on any atom is -0.299 e. The molecule has 1 saturated carbocycles. The maximum absolute atomic E-state index is 13.0.